The Labute approximate surface area is 552 Å². The average Bonchev–Trinajstić information content (AvgIpc) is 1.51. The maximum absolute atomic E-state index is 10.0. The van der Waals surface area contributed by atoms with E-state index in [-0.39, 0.29) is 17.2 Å². The number of aryl methyl sites for hydroxylation is 4. The van der Waals surface area contributed by atoms with Gasteiger partial charge in [-0.2, -0.15) is 0 Å². The van der Waals surface area contributed by atoms with Crippen LogP contribution in [0, 0.1) is 24.5 Å². The fourth-order valence-corrected chi connectivity index (χ4v) is 17.1. The molecular formula is C84H90N4OS2. The zero-order chi connectivity index (χ0) is 63.7. The predicted molar refractivity (Wildman–Crippen MR) is 385 cm³/mol. The number of fused-ring (bicyclic) bond motifs is 6. The maximum atomic E-state index is 10.0. The van der Waals surface area contributed by atoms with Crippen LogP contribution in [0.2, 0.25) is 0 Å². The van der Waals surface area contributed by atoms with Crippen molar-refractivity contribution in [3.05, 3.63) is 269 Å². The average molecular weight is 1240 g/mol. The van der Waals surface area contributed by atoms with E-state index in [1.807, 2.05) is 48.7 Å². The lowest BCUT2D eigenvalue weighted by Gasteiger charge is -2.35. The molecule has 11 rings (SSSR count). The number of benzene rings is 6. The van der Waals surface area contributed by atoms with Gasteiger partial charge in [-0.1, -0.05) is 220 Å². The van der Waals surface area contributed by atoms with Gasteiger partial charge in [0.25, 0.3) is 5.70 Å². The van der Waals surface area contributed by atoms with Crippen LogP contribution in [-0.2, 0) is 41.3 Å². The maximum Gasteiger partial charge on any atom is 0.292 e. The van der Waals surface area contributed by atoms with Crippen LogP contribution in [0.3, 0.4) is 0 Å². The van der Waals surface area contributed by atoms with Crippen LogP contribution in [0.4, 0.5) is 5.69 Å². The predicted octanol–water partition coefficient (Wildman–Crippen LogP) is 23.4. The van der Waals surface area contributed by atoms with Gasteiger partial charge in [-0.05, 0) is 191 Å². The summed E-state index contributed by atoms with van der Waals surface area (Å²) in [7, 11) is 4.23. The van der Waals surface area contributed by atoms with Crippen molar-refractivity contribution in [2.75, 3.05) is 19.0 Å². The summed E-state index contributed by atoms with van der Waals surface area (Å²) in [6.45, 7) is 29.1. The van der Waals surface area contributed by atoms with E-state index in [1.54, 1.807) is 0 Å². The minimum Gasteiger partial charge on any atom is -0.505 e. The van der Waals surface area contributed by atoms with Gasteiger partial charge < -0.3 is 9.64 Å². The van der Waals surface area contributed by atoms with Crippen LogP contribution in [0.25, 0.3) is 47.1 Å². The van der Waals surface area contributed by atoms with E-state index in [2.05, 4.69) is 208 Å². The Morgan fingerprint density at radius 1 is 0.505 bits per heavy atom. The number of hydrogen-bond donors (Lipinski definition) is 0. The molecule has 91 heavy (non-hydrogen) atoms. The molecule has 0 saturated carbocycles. The first-order valence-corrected chi connectivity index (χ1v) is 35.7. The second-order valence-electron chi connectivity index (χ2n) is 26.4. The molecule has 0 spiro atoms. The Morgan fingerprint density at radius 2 is 0.912 bits per heavy atom. The Balaban J connectivity index is 1.20. The fourth-order valence-electron chi connectivity index (χ4n) is 14.7. The van der Waals surface area contributed by atoms with Crippen molar-refractivity contribution in [1.29, 1.82) is 5.26 Å². The Morgan fingerprint density at radius 3 is 1.29 bits per heavy atom. The highest BCUT2D eigenvalue weighted by Crippen LogP contribution is 2.66. The van der Waals surface area contributed by atoms with Crippen molar-refractivity contribution in [3.8, 4) is 37.4 Å². The first-order chi connectivity index (χ1) is 44.4. The molecule has 5 nitrogen and oxygen atoms in total. The lowest BCUT2D eigenvalue weighted by atomic mass is 9.65. The van der Waals surface area contributed by atoms with Gasteiger partial charge in [-0.3, -0.25) is 0 Å². The second kappa shape index (κ2) is 28.7. The second-order valence-corrected chi connectivity index (χ2v) is 28.5. The number of hydrogen-bond acceptors (Lipinski definition) is 5. The topological polar surface area (TPSA) is 45.0 Å². The molecule has 0 bridgehead atoms. The number of nitrogens with zero attached hydrogens (tertiary/aromatic N) is 4. The van der Waals surface area contributed by atoms with Gasteiger partial charge in [0.05, 0.1) is 30.0 Å². The summed E-state index contributed by atoms with van der Waals surface area (Å²) in [5.41, 5.74) is 19.1. The highest BCUT2D eigenvalue weighted by molar-refractivity contribution is 7.19. The molecule has 6 aromatic carbocycles. The molecule has 2 aliphatic carbocycles. The van der Waals surface area contributed by atoms with Crippen LogP contribution in [-0.4, -0.2) is 19.7 Å². The molecule has 0 unspecified atom stereocenters. The molecule has 7 heteroatoms. The van der Waals surface area contributed by atoms with E-state index in [1.165, 1.54) is 207 Å². The molecular weight excluding hydrogens is 1150 g/mol. The van der Waals surface area contributed by atoms with Crippen molar-refractivity contribution in [2.24, 2.45) is 0 Å². The monoisotopic (exact) mass is 1230 g/mol. The number of anilines is 1. The lowest BCUT2D eigenvalue weighted by Crippen LogP contribution is -2.30. The number of thiophene rings is 2. The highest BCUT2D eigenvalue weighted by Gasteiger charge is 2.53. The molecule has 3 aliphatic rings. The number of allylic oxidation sites excluding steroid dienone is 1. The number of unbranched alkanes of at least 4 members (excludes halogenated alkanes) is 12. The normalized spacial score (nSPS) is 15.2. The third-order valence-corrected chi connectivity index (χ3v) is 22.0. The van der Waals surface area contributed by atoms with Crippen LogP contribution >= 0.6 is 22.7 Å². The summed E-state index contributed by atoms with van der Waals surface area (Å²) < 4.78 is 6.32. The molecule has 1 aliphatic heterocycles. The van der Waals surface area contributed by atoms with Crippen molar-refractivity contribution < 1.29 is 4.74 Å². The van der Waals surface area contributed by atoms with E-state index >= 15 is 0 Å². The summed E-state index contributed by atoms with van der Waals surface area (Å²) >= 11 is 3.76. The van der Waals surface area contributed by atoms with E-state index in [9.17, 15) is 5.26 Å². The third kappa shape index (κ3) is 12.6. The molecule has 0 fully saturated rings. The van der Waals surface area contributed by atoms with Crippen molar-refractivity contribution in [3.63, 3.8) is 0 Å². The molecule has 0 saturated heterocycles. The summed E-state index contributed by atoms with van der Waals surface area (Å²) in [5, 5.41) is 10.0. The van der Waals surface area contributed by atoms with Crippen LogP contribution in [0.15, 0.2) is 174 Å². The van der Waals surface area contributed by atoms with Crippen molar-refractivity contribution >= 4 is 34.4 Å². The van der Waals surface area contributed by atoms with Crippen molar-refractivity contribution in [2.45, 2.75) is 186 Å². The van der Waals surface area contributed by atoms with Gasteiger partial charge in [0.1, 0.15) is 11.4 Å². The van der Waals surface area contributed by atoms with E-state index in [4.69, 9.17) is 17.9 Å². The Bertz CT molecular complexity index is 3960. The summed E-state index contributed by atoms with van der Waals surface area (Å²) in [4.78, 5) is 14.5. The van der Waals surface area contributed by atoms with Gasteiger partial charge in [-0.25, -0.2) is 15.0 Å². The highest BCUT2D eigenvalue weighted by atomic mass is 32.1. The zero-order valence-corrected chi connectivity index (χ0v) is 56.8. The minimum absolute atomic E-state index is 0.0600. The summed E-state index contributed by atoms with van der Waals surface area (Å²) in [5.74, 6) is 0.0600. The minimum atomic E-state index is -0.939. The number of rotatable bonds is 28. The van der Waals surface area contributed by atoms with E-state index < -0.39 is 16.4 Å². The van der Waals surface area contributed by atoms with Gasteiger partial charge in [0.2, 0.25) is 5.70 Å². The van der Waals surface area contributed by atoms with Gasteiger partial charge in [-0.15, -0.1) is 22.7 Å². The Kier molecular flexibility index (Phi) is 20.3. The van der Waals surface area contributed by atoms with Gasteiger partial charge in [0, 0.05) is 44.9 Å². The largest absolute Gasteiger partial charge is 0.505 e. The fraction of sp³-hybridized carbons (Fsp3) is 0.369. The molecule has 3 heterocycles. The number of ether oxygens (including phenoxy) is 1. The SMILES string of the molecule is [C-]#[N+]C1=C(/C=C/c2cc3c(s2)-c2cc4c(cc2C3(c2ccc(CCCCCC)cc2)c2ccc(CCCCCC)cc2)-c2sc(-c3ccc(N(C)C)cc3)cc2C4(c2ccc(CCCCCC)cc2)c2ccc(CCCCCC)cc2)C(C)(C)O/C1=C(\C#N)[N+]#[C-]. The van der Waals surface area contributed by atoms with Crippen molar-refractivity contribution in [1.82, 2.24) is 0 Å². The molecule has 0 atom stereocenters. The summed E-state index contributed by atoms with van der Waals surface area (Å²) in [6.07, 6.45) is 28.0. The Hall–Kier alpha value is -7.99. The van der Waals surface area contributed by atoms with E-state index in [0.29, 0.717) is 5.57 Å². The van der Waals surface area contributed by atoms with Crippen LogP contribution in [0.1, 0.15) is 216 Å². The molecule has 2 aromatic heterocycles. The first kappa shape index (κ1) is 64.5. The van der Waals surface area contributed by atoms with E-state index in [0.717, 1.165) is 30.6 Å². The van der Waals surface area contributed by atoms with Gasteiger partial charge >= 0.3 is 0 Å². The quantitative estimate of drug-likeness (QED) is 0.0279. The molecule has 0 N–H and O–H groups in total. The molecule has 464 valence electrons. The number of nitriles is 1. The van der Waals surface area contributed by atoms with Gasteiger partial charge in [0.15, 0.2) is 0 Å². The van der Waals surface area contributed by atoms with Crippen LogP contribution < -0.4 is 4.90 Å². The standard InChI is InChI=1S/C84H90N4OS2/c1-11-15-19-23-27-58-31-41-63(42-32-58)83(64-43-33-59(34-44-64)28-24-20-16-12-2)72-55-70-73(54-69(72)80-74(83)53-68(90-80)51-52-71-78(87-8)79(76(57-85)86-7)89-82(71,5)6)84(65-45-35-60(36-46-65)29-25-21-17-13-3,66-47-37-61(38-48-66)30-26-22-18-14-4)75-56-77(91-81(70)75)62-39-49-67(50-40-62)88(9)10/h31-56H,11-30H2,1-6,9-10H3/b52-51+,79-76+. The molecule has 8 aromatic rings. The van der Waals surface area contributed by atoms with Crippen LogP contribution in [0.5, 0.6) is 0 Å². The molecule has 0 amide bonds. The smallest absolute Gasteiger partial charge is 0.292 e. The third-order valence-electron chi connectivity index (χ3n) is 19.7. The first-order valence-electron chi connectivity index (χ1n) is 34.0. The lowest BCUT2D eigenvalue weighted by molar-refractivity contribution is 0.0952. The summed E-state index contributed by atoms with van der Waals surface area (Å²) in [6, 6.07) is 60.4. The zero-order valence-electron chi connectivity index (χ0n) is 55.2. The molecule has 0 radical (unpaired) electrons.